The second-order valence-corrected chi connectivity index (χ2v) is 5.77. The van der Waals surface area contributed by atoms with Crippen LogP contribution in [0.15, 0.2) is 11.0 Å². The summed E-state index contributed by atoms with van der Waals surface area (Å²) in [5.74, 6) is 0. The van der Waals surface area contributed by atoms with E-state index in [4.69, 9.17) is 11.6 Å². The van der Waals surface area contributed by atoms with E-state index < -0.39 is 15.6 Å². The molecule has 1 rings (SSSR count). The molecule has 1 N–H and O–H groups in total. The Labute approximate surface area is 98.3 Å². The number of hydrogen-bond donors (Lipinski definition) is 1. The third-order valence-electron chi connectivity index (χ3n) is 1.65. The highest BCUT2D eigenvalue weighted by Gasteiger charge is 2.15. The summed E-state index contributed by atoms with van der Waals surface area (Å²) < 4.78 is 22.7. The van der Waals surface area contributed by atoms with Gasteiger partial charge in [0.05, 0.1) is 18.1 Å². The van der Waals surface area contributed by atoms with Crippen LogP contribution in [-0.4, -0.2) is 29.9 Å². The molecule has 1 aromatic heterocycles. The molecule has 0 radical (unpaired) electrons. The van der Waals surface area contributed by atoms with Crippen molar-refractivity contribution in [1.29, 1.82) is 0 Å². The molecule has 8 heteroatoms. The van der Waals surface area contributed by atoms with E-state index in [-0.39, 0.29) is 11.1 Å². The monoisotopic (exact) mass is 265 g/mol. The van der Waals surface area contributed by atoms with Gasteiger partial charge in [-0.25, -0.2) is 8.42 Å². The smallest absolute Gasteiger partial charge is 0.302 e. The van der Waals surface area contributed by atoms with Gasteiger partial charge in [0.25, 0.3) is 10.0 Å². The first-order valence-electron chi connectivity index (χ1n) is 4.48. The molecule has 0 aliphatic carbocycles. The van der Waals surface area contributed by atoms with Crippen LogP contribution in [0.3, 0.4) is 0 Å². The average Bonchev–Trinajstić information content (AvgIpc) is 2.10. The summed E-state index contributed by atoms with van der Waals surface area (Å²) in [6, 6.07) is 0.0628. The zero-order chi connectivity index (χ0) is 12.5. The molecule has 0 amide bonds. The van der Waals surface area contributed by atoms with Gasteiger partial charge in [0.2, 0.25) is 0 Å². The maximum absolute atomic E-state index is 11.6. The first kappa shape index (κ1) is 13.0. The molecule has 1 aromatic rings. The van der Waals surface area contributed by atoms with Crippen molar-refractivity contribution < 1.29 is 8.42 Å². The minimum Gasteiger partial charge on any atom is -0.380 e. The molecule has 0 atom stereocenters. The summed E-state index contributed by atoms with van der Waals surface area (Å²) in [5, 5.41) is 6.24. The number of hydrogen-bond acceptors (Lipinski definition) is 5. The Morgan fingerprint density at radius 2 is 2.06 bits per heavy atom. The van der Waals surface area contributed by atoms with Crippen LogP contribution in [0.5, 0.6) is 0 Å². The molecule has 0 saturated heterocycles. The fraction of sp³-hybridized carbons (Fsp3) is 0.500. The molecule has 0 aliphatic heterocycles. The molecule has 0 saturated carbocycles. The number of rotatable bonds is 3. The quantitative estimate of drug-likeness (QED) is 0.862. The van der Waals surface area contributed by atoms with Crippen LogP contribution in [-0.2, 0) is 10.0 Å². The van der Waals surface area contributed by atoms with E-state index in [1.165, 1.54) is 6.20 Å². The van der Waals surface area contributed by atoms with Gasteiger partial charge in [-0.2, -0.15) is 5.10 Å². The third-order valence-corrected chi connectivity index (χ3v) is 2.90. The lowest BCUT2D eigenvalue weighted by atomic mass is 10.3. The molecule has 0 aliphatic rings. The highest BCUT2D eigenvalue weighted by Crippen LogP contribution is 2.16. The van der Waals surface area contributed by atoms with Crippen molar-refractivity contribution in [2.75, 3.05) is 11.6 Å². The average molecular weight is 266 g/mol. The van der Waals surface area contributed by atoms with E-state index in [1.54, 1.807) is 0 Å². The van der Waals surface area contributed by atoms with E-state index in [0.29, 0.717) is 9.77 Å². The van der Waals surface area contributed by atoms with Gasteiger partial charge in [-0.3, -0.25) is 4.79 Å². The molecule has 1 heterocycles. The predicted octanol–water partition coefficient (Wildman–Crippen LogP) is 0.525. The van der Waals surface area contributed by atoms with Crippen LogP contribution < -0.4 is 10.9 Å². The summed E-state index contributed by atoms with van der Waals surface area (Å²) in [5.41, 5.74) is -0.531. The zero-order valence-corrected chi connectivity index (χ0v) is 10.6. The number of halogens is 1. The summed E-state index contributed by atoms with van der Waals surface area (Å²) in [6.45, 7) is 3.72. The lowest BCUT2D eigenvalue weighted by Gasteiger charge is -2.11. The molecule has 16 heavy (non-hydrogen) atoms. The van der Waals surface area contributed by atoms with Crippen molar-refractivity contribution in [1.82, 2.24) is 9.19 Å². The Balaban J connectivity index is 3.36. The van der Waals surface area contributed by atoms with Gasteiger partial charge >= 0.3 is 5.56 Å². The van der Waals surface area contributed by atoms with Crippen LogP contribution in [0.4, 0.5) is 5.69 Å². The van der Waals surface area contributed by atoms with E-state index in [9.17, 15) is 13.2 Å². The van der Waals surface area contributed by atoms with Crippen molar-refractivity contribution in [3.8, 4) is 0 Å². The van der Waals surface area contributed by atoms with Crippen LogP contribution >= 0.6 is 11.6 Å². The Morgan fingerprint density at radius 3 is 2.50 bits per heavy atom. The lowest BCUT2D eigenvalue weighted by Crippen LogP contribution is -2.30. The van der Waals surface area contributed by atoms with E-state index in [2.05, 4.69) is 10.4 Å². The minimum absolute atomic E-state index is 0.0628. The van der Waals surface area contributed by atoms with Gasteiger partial charge in [0.1, 0.15) is 5.02 Å². The first-order valence-corrected chi connectivity index (χ1v) is 6.71. The van der Waals surface area contributed by atoms with Crippen LogP contribution in [0.1, 0.15) is 13.8 Å². The Hall–Kier alpha value is -1.08. The topological polar surface area (TPSA) is 81.1 Å². The van der Waals surface area contributed by atoms with Crippen LogP contribution in [0.25, 0.3) is 0 Å². The number of nitrogens with zero attached hydrogens (tertiary/aromatic N) is 2. The summed E-state index contributed by atoms with van der Waals surface area (Å²) in [7, 11) is -3.72. The molecule has 0 fully saturated rings. The molecule has 6 nitrogen and oxygen atoms in total. The molecule has 0 aromatic carbocycles. The SMILES string of the molecule is CC(C)Nc1cnn(S(C)(=O)=O)c(=O)c1Cl. The van der Waals surface area contributed by atoms with Gasteiger partial charge < -0.3 is 5.32 Å². The maximum atomic E-state index is 11.6. The van der Waals surface area contributed by atoms with Crippen molar-refractivity contribution in [2.45, 2.75) is 19.9 Å². The predicted molar refractivity (Wildman–Crippen MR) is 62.5 cm³/mol. The van der Waals surface area contributed by atoms with Gasteiger partial charge in [0.15, 0.2) is 0 Å². The highest BCUT2D eigenvalue weighted by molar-refractivity contribution is 7.89. The van der Waals surface area contributed by atoms with Gasteiger partial charge in [-0.1, -0.05) is 11.6 Å². The number of anilines is 1. The molecule has 0 unspecified atom stereocenters. The lowest BCUT2D eigenvalue weighted by molar-refractivity contribution is 0.582. The second kappa shape index (κ2) is 4.42. The second-order valence-electron chi connectivity index (χ2n) is 3.58. The summed E-state index contributed by atoms with van der Waals surface area (Å²) >= 11 is 5.75. The molecule has 0 spiro atoms. The van der Waals surface area contributed by atoms with Crippen molar-refractivity contribution in [2.24, 2.45) is 0 Å². The van der Waals surface area contributed by atoms with Crippen molar-refractivity contribution >= 4 is 27.3 Å². The van der Waals surface area contributed by atoms with Gasteiger partial charge in [-0.05, 0) is 13.8 Å². The molecule has 90 valence electrons. The third kappa shape index (κ3) is 2.73. The van der Waals surface area contributed by atoms with Crippen molar-refractivity contribution in [3.63, 3.8) is 0 Å². The van der Waals surface area contributed by atoms with Gasteiger partial charge in [0, 0.05) is 6.04 Å². The Morgan fingerprint density at radius 1 is 1.50 bits per heavy atom. The van der Waals surface area contributed by atoms with E-state index in [0.717, 1.165) is 6.26 Å². The molecular weight excluding hydrogens is 254 g/mol. The van der Waals surface area contributed by atoms with E-state index in [1.807, 2.05) is 13.8 Å². The Bertz CT molecular complexity index is 550. The molecular formula is C8H12ClN3O3S. The number of nitrogens with one attached hydrogen (secondary N) is 1. The van der Waals surface area contributed by atoms with Crippen molar-refractivity contribution in [3.05, 3.63) is 21.6 Å². The van der Waals surface area contributed by atoms with Crippen LogP contribution in [0.2, 0.25) is 5.02 Å². The minimum atomic E-state index is -3.72. The maximum Gasteiger partial charge on any atom is 0.302 e. The molecule has 0 bridgehead atoms. The summed E-state index contributed by atoms with van der Waals surface area (Å²) in [6.07, 6.45) is 2.10. The largest absolute Gasteiger partial charge is 0.380 e. The standard InChI is InChI=1S/C8H12ClN3O3S/c1-5(2)11-6-4-10-12(16(3,14)15)8(13)7(6)9/h4-5,11H,1-3H3. The van der Waals surface area contributed by atoms with Gasteiger partial charge in [-0.15, -0.1) is 4.09 Å². The van der Waals surface area contributed by atoms with Crippen LogP contribution in [0, 0.1) is 0 Å². The fourth-order valence-corrected chi connectivity index (χ4v) is 1.91. The number of aromatic nitrogens is 2. The normalized spacial score (nSPS) is 11.8. The highest BCUT2D eigenvalue weighted by atomic mass is 35.5. The fourth-order valence-electron chi connectivity index (χ4n) is 1.07. The first-order chi connectivity index (χ1) is 7.23. The Kier molecular flexibility index (Phi) is 3.59. The van der Waals surface area contributed by atoms with E-state index >= 15 is 0 Å². The summed E-state index contributed by atoms with van der Waals surface area (Å²) in [4.78, 5) is 11.6. The zero-order valence-electron chi connectivity index (χ0n) is 9.06.